The van der Waals surface area contributed by atoms with Gasteiger partial charge in [-0.25, -0.2) is 4.79 Å². The molecule has 6 heteroatoms. The molecule has 1 aliphatic rings. The van der Waals surface area contributed by atoms with Crippen LogP contribution < -0.4 is 15.0 Å². The summed E-state index contributed by atoms with van der Waals surface area (Å²) in [5, 5.41) is 12.7. The van der Waals surface area contributed by atoms with Crippen LogP contribution >= 0.6 is 0 Å². The van der Waals surface area contributed by atoms with Crippen LogP contribution in [0.15, 0.2) is 42.5 Å². The number of anilines is 2. The average Bonchev–Trinajstić information content (AvgIpc) is 2.84. The van der Waals surface area contributed by atoms with Crippen molar-refractivity contribution in [1.29, 1.82) is 0 Å². The Balaban J connectivity index is 1.93. The van der Waals surface area contributed by atoms with Gasteiger partial charge in [0, 0.05) is 18.7 Å². The standard InChI is InChI=1S/C30H42N2O4/c1-5-9-28(30(34)35)36-25-16-17-27(32(20-21(2)3)24-10-7-6-8-11-24)26(19-25)31-29(33)18-23-14-12-22(4)13-15-23/h12-17,19,21,24,28H,5-11,18,20H2,1-4H3,(H,31,33)(H,34,35). The summed E-state index contributed by atoms with van der Waals surface area (Å²) in [4.78, 5) is 27.2. The summed E-state index contributed by atoms with van der Waals surface area (Å²) in [6.45, 7) is 9.28. The minimum Gasteiger partial charge on any atom is -0.479 e. The first-order chi connectivity index (χ1) is 17.3. The summed E-state index contributed by atoms with van der Waals surface area (Å²) in [7, 11) is 0. The number of carboxylic acids is 1. The molecule has 0 spiro atoms. The first-order valence-electron chi connectivity index (χ1n) is 13.4. The van der Waals surface area contributed by atoms with Gasteiger partial charge in [-0.3, -0.25) is 4.79 Å². The van der Waals surface area contributed by atoms with Crippen molar-refractivity contribution < 1.29 is 19.4 Å². The number of hydrogen-bond acceptors (Lipinski definition) is 4. The van der Waals surface area contributed by atoms with Crippen molar-refractivity contribution in [1.82, 2.24) is 0 Å². The van der Waals surface area contributed by atoms with Gasteiger partial charge in [0.25, 0.3) is 0 Å². The molecule has 0 heterocycles. The molecule has 0 bridgehead atoms. The molecule has 2 aromatic rings. The van der Waals surface area contributed by atoms with Crippen molar-refractivity contribution in [3.8, 4) is 5.75 Å². The van der Waals surface area contributed by atoms with Crippen molar-refractivity contribution in [3.05, 3.63) is 53.6 Å². The lowest BCUT2D eigenvalue weighted by molar-refractivity contribution is -0.145. The number of carbonyl (C=O) groups is 2. The van der Waals surface area contributed by atoms with Crippen LogP contribution in [0, 0.1) is 12.8 Å². The Morgan fingerprint density at radius 3 is 2.39 bits per heavy atom. The second-order valence-electron chi connectivity index (χ2n) is 10.5. The van der Waals surface area contributed by atoms with E-state index in [9.17, 15) is 14.7 Å². The number of nitrogens with one attached hydrogen (secondary N) is 1. The van der Waals surface area contributed by atoms with Crippen LogP contribution in [0.5, 0.6) is 5.75 Å². The van der Waals surface area contributed by atoms with E-state index >= 15 is 0 Å². The number of aryl methyl sites for hydroxylation is 1. The van der Waals surface area contributed by atoms with Crippen molar-refractivity contribution >= 4 is 23.3 Å². The molecule has 0 aliphatic heterocycles. The molecule has 1 saturated carbocycles. The minimum absolute atomic E-state index is 0.103. The smallest absolute Gasteiger partial charge is 0.344 e. The lowest BCUT2D eigenvalue weighted by Gasteiger charge is -2.38. The third kappa shape index (κ3) is 8.00. The molecule has 0 aromatic heterocycles. The van der Waals surface area contributed by atoms with Crippen LogP contribution in [0.2, 0.25) is 0 Å². The summed E-state index contributed by atoms with van der Waals surface area (Å²) in [6.07, 6.45) is 6.46. The second-order valence-corrected chi connectivity index (χ2v) is 10.5. The predicted molar refractivity (Wildman–Crippen MR) is 146 cm³/mol. The number of rotatable bonds is 12. The molecule has 2 aromatic carbocycles. The van der Waals surface area contributed by atoms with Crippen molar-refractivity contribution in [3.63, 3.8) is 0 Å². The third-order valence-corrected chi connectivity index (χ3v) is 6.72. The van der Waals surface area contributed by atoms with E-state index < -0.39 is 12.1 Å². The van der Waals surface area contributed by atoms with E-state index in [4.69, 9.17) is 4.74 Å². The molecule has 1 fully saturated rings. The predicted octanol–water partition coefficient (Wildman–Crippen LogP) is 6.60. The lowest BCUT2D eigenvalue weighted by atomic mass is 9.93. The largest absolute Gasteiger partial charge is 0.479 e. The molecule has 1 atom stereocenters. The number of benzene rings is 2. The Hall–Kier alpha value is -3.02. The number of aliphatic carboxylic acids is 1. The quantitative estimate of drug-likeness (QED) is 0.347. The van der Waals surface area contributed by atoms with E-state index in [2.05, 4.69) is 24.1 Å². The van der Waals surface area contributed by atoms with E-state index in [1.165, 1.54) is 19.3 Å². The number of ether oxygens (including phenoxy) is 1. The van der Waals surface area contributed by atoms with Gasteiger partial charge in [0.05, 0.1) is 17.8 Å². The van der Waals surface area contributed by atoms with Gasteiger partial charge in [0.15, 0.2) is 6.10 Å². The second kappa shape index (κ2) is 13.3. The highest BCUT2D eigenvalue weighted by Crippen LogP contribution is 2.36. The molecule has 36 heavy (non-hydrogen) atoms. The van der Waals surface area contributed by atoms with Crippen molar-refractivity contribution in [2.75, 3.05) is 16.8 Å². The zero-order chi connectivity index (χ0) is 26.1. The topological polar surface area (TPSA) is 78.9 Å². The van der Waals surface area contributed by atoms with Crippen LogP contribution in [0.4, 0.5) is 11.4 Å². The number of nitrogens with zero attached hydrogens (tertiary/aromatic N) is 1. The Kier molecular flexibility index (Phi) is 10.2. The molecule has 3 rings (SSSR count). The number of carbonyl (C=O) groups excluding carboxylic acids is 1. The van der Waals surface area contributed by atoms with E-state index in [0.29, 0.717) is 36.2 Å². The first kappa shape index (κ1) is 27.6. The molecule has 196 valence electrons. The third-order valence-electron chi connectivity index (χ3n) is 6.72. The Labute approximate surface area is 216 Å². The van der Waals surface area contributed by atoms with Gasteiger partial charge in [0.2, 0.25) is 5.91 Å². The van der Waals surface area contributed by atoms with Crippen LogP contribution in [0.1, 0.15) is 76.8 Å². The fourth-order valence-electron chi connectivity index (χ4n) is 4.91. The molecule has 1 unspecified atom stereocenters. The summed E-state index contributed by atoms with van der Waals surface area (Å²) < 4.78 is 5.86. The Bertz CT molecular complexity index is 997. The number of carboxylic acid groups (broad SMARTS) is 1. The van der Waals surface area contributed by atoms with Crippen LogP contribution in [0.3, 0.4) is 0 Å². The normalized spacial score (nSPS) is 14.9. The maximum absolute atomic E-state index is 13.1. The molecule has 6 nitrogen and oxygen atoms in total. The molecule has 1 aliphatic carbocycles. The fraction of sp³-hybridized carbons (Fsp3) is 0.533. The van der Waals surface area contributed by atoms with Gasteiger partial charge in [-0.05, 0) is 49.8 Å². The summed E-state index contributed by atoms with van der Waals surface area (Å²) >= 11 is 0. The van der Waals surface area contributed by atoms with E-state index in [-0.39, 0.29) is 12.3 Å². The van der Waals surface area contributed by atoms with E-state index in [1.807, 2.05) is 50.2 Å². The molecular formula is C30H42N2O4. The summed E-state index contributed by atoms with van der Waals surface area (Å²) in [6, 6.07) is 14.0. The van der Waals surface area contributed by atoms with Crippen molar-refractivity contribution in [2.24, 2.45) is 5.92 Å². The molecule has 0 saturated heterocycles. The highest BCUT2D eigenvalue weighted by atomic mass is 16.5. The van der Waals surface area contributed by atoms with Crippen LogP contribution in [0.25, 0.3) is 0 Å². The zero-order valence-corrected chi connectivity index (χ0v) is 22.3. The van der Waals surface area contributed by atoms with Gasteiger partial charge < -0.3 is 20.1 Å². The van der Waals surface area contributed by atoms with Crippen molar-refractivity contribution in [2.45, 2.75) is 91.2 Å². The number of amides is 1. The van der Waals surface area contributed by atoms with E-state index in [1.54, 1.807) is 6.07 Å². The zero-order valence-electron chi connectivity index (χ0n) is 22.3. The maximum Gasteiger partial charge on any atom is 0.344 e. The van der Waals surface area contributed by atoms with Gasteiger partial charge in [-0.15, -0.1) is 0 Å². The summed E-state index contributed by atoms with van der Waals surface area (Å²) in [5.74, 6) is -0.165. The van der Waals surface area contributed by atoms with Gasteiger partial charge in [-0.2, -0.15) is 0 Å². The fourth-order valence-corrected chi connectivity index (χ4v) is 4.91. The van der Waals surface area contributed by atoms with E-state index in [0.717, 1.165) is 36.2 Å². The highest BCUT2D eigenvalue weighted by molar-refractivity contribution is 5.96. The SMILES string of the molecule is CCCC(Oc1ccc(N(CC(C)C)C2CCCCC2)c(NC(=O)Cc2ccc(C)cc2)c1)C(=O)O. The Morgan fingerprint density at radius 2 is 1.78 bits per heavy atom. The monoisotopic (exact) mass is 494 g/mol. The summed E-state index contributed by atoms with van der Waals surface area (Å²) in [5.41, 5.74) is 3.76. The van der Waals surface area contributed by atoms with Gasteiger partial charge >= 0.3 is 5.97 Å². The maximum atomic E-state index is 13.1. The molecular weight excluding hydrogens is 452 g/mol. The van der Waals surface area contributed by atoms with Crippen LogP contribution in [-0.4, -0.2) is 35.7 Å². The highest BCUT2D eigenvalue weighted by Gasteiger charge is 2.26. The number of hydrogen-bond donors (Lipinski definition) is 2. The minimum atomic E-state index is -0.977. The first-order valence-corrected chi connectivity index (χ1v) is 13.4. The molecule has 0 radical (unpaired) electrons. The van der Waals surface area contributed by atoms with Crippen LogP contribution in [-0.2, 0) is 16.0 Å². The van der Waals surface area contributed by atoms with Gasteiger partial charge in [0.1, 0.15) is 5.75 Å². The average molecular weight is 495 g/mol. The molecule has 2 N–H and O–H groups in total. The molecule has 1 amide bonds. The lowest BCUT2D eigenvalue weighted by Crippen LogP contribution is -2.40. The van der Waals surface area contributed by atoms with Gasteiger partial charge in [-0.1, -0.05) is 76.3 Å². The Morgan fingerprint density at radius 1 is 1.08 bits per heavy atom.